The van der Waals surface area contributed by atoms with Gasteiger partial charge in [-0.25, -0.2) is 0 Å². The van der Waals surface area contributed by atoms with Gasteiger partial charge in [0.1, 0.15) is 0 Å². The Morgan fingerprint density at radius 2 is 0.671 bits per heavy atom. The third kappa shape index (κ3) is 5.12. The van der Waals surface area contributed by atoms with Gasteiger partial charge in [0.2, 0.25) is 0 Å². The number of para-hydroxylation sites is 3. The summed E-state index contributed by atoms with van der Waals surface area (Å²) in [4.78, 5) is 2.42. The Labute approximate surface area is 407 Å². The Morgan fingerprint density at radius 3 is 1.21 bits per heavy atom. The van der Waals surface area contributed by atoms with Crippen molar-refractivity contribution >= 4 is 38.9 Å². The first-order chi connectivity index (χ1) is 34.7. The predicted octanol–water partition coefficient (Wildman–Crippen LogP) is 17.0. The molecule has 11 aromatic carbocycles. The Morgan fingerprint density at radius 1 is 0.257 bits per heavy atom. The van der Waals surface area contributed by atoms with Crippen LogP contribution in [-0.2, 0) is 10.8 Å². The molecule has 0 bridgehead atoms. The van der Waals surface area contributed by atoms with Gasteiger partial charge in [-0.3, -0.25) is 0 Å². The molecule has 2 heteroatoms. The minimum absolute atomic E-state index is 0.469. The maximum Gasteiger partial charge on any atom is 0.0720 e. The lowest BCUT2D eigenvalue weighted by atomic mass is 9.52. The minimum Gasteiger partial charge on any atom is -0.310 e. The van der Waals surface area contributed by atoms with Crippen LogP contribution in [0.4, 0.5) is 17.1 Å². The molecule has 0 amide bonds. The molecule has 12 aromatic rings. The number of hydrogen-bond donors (Lipinski definition) is 0. The maximum atomic E-state index is 2.46. The van der Waals surface area contributed by atoms with Crippen molar-refractivity contribution < 1.29 is 0 Å². The topological polar surface area (TPSA) is 8.17 Å². The zero-order chi connectivity index (χ0) is 46.0. The Kier molecular flexibility index (Phi) is 8.24. The summed E-state index contributed by atoms with van der Waals surface area (Å²) < 4.78 is 2.38. The van der Waals surface area contributed by atoms with Gasteiger partial charge in [0.25, 0.3) is 0 Å². The number of anilines is 3. The van der Waals surface area contributed by atoms with Crippen molar-refractivity contribution in [2.45, 2.75) is 10.8 Å². The molecule has 1 heterocycles. The zero-order valence-electron chi connectivity index (χ0n) is 38.3. The van der Waals surface area contributed by atoms with Crippen molar-refractivity contribution in [1.29, 1.82) is 0 Å². The second-order valence-corrected chi connectivity index (χ2v) is 19.1. The highest BCUT2D eigenvalue weighted by Crippen LogP contribution is 2.67. The highest BCUT2D eigenvalue weighted by Gasteiger charge is 2.58. The highest BCUT2D eigenvalue weighted by molar-refractivity contribution is 6.09. The van der Waals surface area contributed by atoms with Gasteiger partial charge in [-0.05, 0) is 139 Å². The van der Waals surface area contributed by atoms with Gasteiger partial charge in [0.15, 0.2) is 0 Å². The summed E-state index contributed by atoms with van der Waals surface area (Å²) in [5.41, 5.74) is 24.1. The van der Waals surface area contributed by atoms with E-state index in [1.165, 1.54) is 94.1 Å². The zero-order valence-corrected chi connectivity index (χ0v) is 38.3. The van der Waals surface area contributed by atoms with Gasteiger partial charge in [0.05, 0.1) is 21.9 Å². The number of hydrogen-bond acceptors (Lipinski definition) is 1. The number of fused-ring (bicyclic) bond motifs is 19. The van der Waals surface area contributed by atoms with Crippen LogP contribution in [0.15, 0.2) is 267 Å². The molecule has 0 saturated heterocycles. The van der Waals surface area contributed by atoms with E-state index in [-0.39, 0.29) is 0 Å². The molecule has 3 aliphatic rings. The molecule has 0 atom stereocenters. The molecule has 1 aromatic heterocycles. The van der Waals surface area contributed by atoms with Crippen LogP contribution < -0.4 is 4.90 Å². The summed E-state index contributed by atoms with van der Waals surface area (Å²) in [7, 11) is 0. The van der Waals surface area contributed by atoms with Crippen molar-refractivity contribution in [3.8, 4) is 39.1 Å². The highest BCUT2D eigenvalue weighted by atomic mass is 15.1. The minimum atomic E-state index is -0.543. The summed E-state index contributed by atoms with van der Waals surface area (Å²) in [6.45, 7) is 0. The smallest absolute Gasteiger partial charge is 0.0720 e. The normalized spacial score (nSPS) is 13.9. The van der Waals surface area contributed by atoms with E-state index in [1.807, 2.05) is 0 Å². The number of aromatic nitrogens is 1. The van der Waals surface area contributed by atoms with Gasteiger partial charge < -0.3 is 9.47 Å². The summed E-state index contributed by atoms with van der Waals surface area (Å²) in [5.74, 6) is 0. The molecule has 0 N–H and O–H groups in total. The SMILES string of the molecule is c1ccc(N(c2cccc(-c3ccc(-n4c5ccccc5c5ccccc54)cc3)c2)c2ccc3c(c2)-c2ccccc2C32c3ccccc3C3(c4ccccc4-c4ccccc43)c3ccccc32)cc1. The first kappa shape index (κ1) is 39.1. The molecule has 2 nitrogen and oxygen atoms in total. The Balaban J connectivity index is 0.895. The fourth-order valence-electron chi connectivity index (χ4n) is 13.2. The second kappa shape index (κ2) is 14.8. The summed E-state index contributed by atoms with van der Waals surface area (Å²) in [6.07, 6.45) is 0. The molecule has 15 rings (SSSR count). The third-order valence-corrected chi connectivity index (χ3v) is 15.9. The fraction of sp³-hybridized carbons (Fsp3) is 0.0294. The molecule has 0 unspecified atom stereocenters. The molecule has 3 aliphatic carbocycles. The lowest BCUT2D eigenvalue weighted by molar-refractivity contribution is 0.633. The molecular weight excluding hydrogens is 845 g/mol. The van der Waals surface area contributed by atoms with E-state index in [4.69, 9.17) is 0 Å². The molecule has 0 fully saturated rings. The summed E-state index contributed by atoms with van der Waals surface area (Å²) in [5, 5.41) is 2.54. The first-order valence-corrected chi connectivity index (χ1v) is 24.4. The lowest BCUT2D eigenvalue weighted by Crippen LogP contribution is -2.43. The summed E-state index contributed by atoms with van der Waals surface area (Å²) in [6, 6.07) is 99.7. The van der Waals surface area contributed by atoms with Crippen LogP contribution in [0, 0.1) is 0 Å². The van der Waals surface area contributed by atoms with Crippen LogP contribution >= 0.6 is 0 Å². The van der Waals surface area contributed by atoms with Crippen LogP contribution in [0.5, 0.6) is 0 Å². The van der Waals surface area contributed by atoms with Crippen LogP contribution in [0.2, 0.25) is 0 Å². The lowest BCUT2D eigenvalue weighted by Gasteiger charge is -2.48. The van der Waals surface area contributed by atoms with E-state index in [1.54, 1.807) is 0 Å². The van der Waals surface area contributed by atoms with Gasteiger partial charge >= 0.3 is 0 Å². The van der Waals surface area contributed by atoms with Crippen molar-refractivity contribution in [1.82, 2.24) is 4.57 Å². The van der Waals surface area contributed by atoms with Crippen LogP contribution in [0.3, 0.4) is 0 Å². The van der Waals surface area contributed by atoms with E-state index < -0.39 is 10.8 Å². The van der Waals surface area contributed by atoms with Crippen molar-refractivity contribution in [3.63, 3.8) is 0 Å². The first-order valence-electron chi connectivity index (χ1n) is 24.4. The van der Waals surface area contributed by atoms with Crippen LogP contribution in [0.1, 0.15) is 44.5 Å². The van der Waals surface area contributed by atoms with E-state index in [9.17, 15) is 0 Å². The van der Waals surface area contributed by atoms with E-state index >= 15 is 0 Å². The third-order valence-electron chi connectivity index (χ3n) is 15.9. The van der Waals surface area contributed by atoms with Gasteiger partial charge in [-0.15, -0.1) is 0 Å². The predicted molar refractivity (Wildman–Crippen MR) is 289 cm³/mol. The van der Waals surface area contributed by atoms with Gasteiger partial charge in [0, 0.05) is 33.5 Å². The maximum absolute atomic E-state index is 2.46. The van der Waals surface area contributed by atoms with Gasteiger partial charge in [-0.2, -0.15) is 0 Å². The van der Waals surface area contributed by atoms with E-state index in [0.717, 1.165) is 28.3 Å². The molecule has 0 radical (unpaired) electrons. The number of nitrogens with zero attached hydrogens (tertiary/aromatic N) is 2. The molecule has 0 aliphatic heterocycles. The van der Waals surface area contributed by atoms with Crippen molar-refractivity contribution in [2.75, 3.05) is 4.90 Å². The largest absolute Gasteiger partial charge is 0.310 e. The average Bonchev–Trinajstić information content (AvgIpc) is 4.04. The molecule has 326 valence electrons. The number of benzene rings is 11. The molecule has 2 spiro atoms. The van der Waals surface area contributed by atoms with Crippen molar-refractivity contribution in [3.05, 3.63) is 311 Å². The molecule has 0 saturated carbocycles. The van der Waals surface area contributed by atoms with Crippen molar-refractivity contribution in [2.24, 2.45) is 0 Å². The number of rotatable bonds is 5. The van der Waals surface area contributed by atoms with E-state index in [0.29, 0.717) is 0 Å². The second-order valence-electron chi connectivity index (χ2n) is 19.1. The molecular formula is C68H44N2. The Hall–Kier alpha value is -8.98. The standard InChI is InChI=1S/C68H44N2/c1-2-20-47(21-3-1)69(49-22-18-19-46(43-49)45-37-39-48(40-38-45)70-65-35-16-7-26-54(65)55-27-8-17-36-66(55)70)50-41-42-60-56(44-50)53-25-6-11-30-59(53)68(60)63-33-14-12-31-61(63)67(62-32-13-15-34-64(62)68)57-28-9-4-23-51(57)52-24-5-10-29-58(52)67/h1-44H. The Bertz CT molecular complexity index is 3930. The fourth-order valence-corrected chi connectivity index (χ4v) is 13.2. The van der Waals surface area contributed by atoms with Crippen LogP contribution in [0.25, 0.3) is 60.9 Å². The average molecular weight is 889 g/mol. The van der Waals surface area contributed by atoms with Gasteiger partial charge in [-0.1, -0.05) is 206 Å². The monoisotopic (exact) mass is 888 g/mol. The quantitative estimate of drug-likeness (QED) is 0.167. The van der Waals surface area contributed by atoms with Crippen LogP contribution in [-0.4, -0.2) is 4.57 Å². The summed E-state index contributed by atoms with van der Waals surface area (Å²) >= 11 is 0. The molecule has 70 heavy (non-hydrogen) atoms. The van der Waals surface area contributed by atoms with E-state index in [2.05, 4.69) is 276 Å².